The van der Waals surface area contributed by atoms with E-state index >= 15 is 0 Å². The normalized spacial score (nSPS) is 22.0. The number of alkyl halides is 4. The largest absolute Gasteiger partial charge is 0.468 e. The first-order chi connectivity index (χ1) is 11.2. The Hall–Kier alpha value is -2.16. The van der Waals surface area contributed by atoms with E-state index in [1.807, 2.05) is 0 Å². The SMILES string of the molecule is COC(=O)[C@@H]1C[C@H](NC(=O)C(F)c2ccc(C(F)(F)F)cc2)CN1. The van der Waals surface area contributed by atoms with E-state index in [4.69, 9.17) is 0 Å². The van der Waals surface area contributed by atoms with Crippen LogP contribution in [0.15, 0.2) is 24.3 Å². The van der Waals surface area contributed by atoms with Crippen LogP contribution < -0.4 is 10.6 Å². The summed E-state index contributed by atoms with van der Waals surface area (Å²) in [6.07, 6.45) is -6.37. The van der Waals surface area contributed by atoms with Crippen LogP contribution in [0.5, 0.6) is 0 Å². The fraction of sp³-hybridized carbons (Fsp3) is 0.467. The van der Waals surface area contributed by atoms with Crippen LogP contribution in [-0.2, 0) is 20.5 Å². The first-order valence-corrected chi connectivity index (χ1v) is 7.15. The molecule has 1 aromatic carbocycles. The maximum absolute atomic E-state index is 14.1. The second-order valence-corrected chi connectivity index (χ2v) is 5.41. The third-order valence-electron chi connectivity index (χ3n) is 3.72. The van der Waals surface area contributed by atoms with Crippen LogP contribution in [0.25, 0.3) is 0 Å². The highest BCUT2D eigenvalue weighted by Crippen LogP contribution is 2.30. The Morgan fingerprint density at radius 2 is 1.92 bits per heavy atom. The van der Waals surface area contributed by atoms with Crippen molar-refractivity contribution in [2.45, 2.75) is 30.9 Å². The van der Waals surface area contributed by atoms with Gasteiger partial charge in [0.2, 0.25) is 6.17 Å². The summed E-state index contributed by atoms with van der Waals surface area (Å²) in [4.78, 5) is 23.2. The van der Waals surface area contributed by atoms with Gasteiger partial charge in [-0.3, -0.25) is 9.59 Å². The van der Waals surface area contributed by atoms with E-state index < -0.39 is 41.9 Å². The smallest absolute Gasteiger partial charge is 0.416 e. The minimum Gasteiger partial charge on any atom is -0.468 e. The molecule has 1 aliphatic rings. The average molecular weight is 348 g/mol. The van der Waals surface area contributed by atoms with Crippen LogP contribution >= 0.6 is 0 Å². The number of rotatable bonds is 4. The zero-order valence-electron chi connectivity index (χ0n) is 12.7. The van der Waals surface area contributed by atoms with Crippen molar-refractivity contribution in [1.82, 2.24) is 10.6 Å². The maximum Gasteiger partial charge on any atom is 0.416 e. The van der Waals surface area contributed by atoms with Gasteiger partial charge in [0.15, 0.2) is 0 Å². The van der Waals surface area contributed by atoms with E-state index in [0.717, 1.165) is 24.3 Å². The molecule has 2 N–H and O–H groups in total. The fourth-order valence-electron chi connectivity index (χ4n) is 2.43. The van der Waals surface area contributed by atoms with Gasteiger partial charge in [-0.15, -0.1) is 0 Å². The van der Waals surface area contributed by atoms with Crippen LogP contribution in [0.1, 0.15) is 23.7 Å². The summed E-state index contributed by atoms with van der Waals surface area (Å²) in [5.74, 6) is -1.45. The number of esters is 1. The number of benzene rings is 1. The van der Waals surface area contributed by atoms with Gasteiger partial charge in [0.25, 0.3) is 5.91 Å². The van der Waals surface area contributed by atoms with Crippen molar-refractivity contribution in [2.75, 3.05) is 13.7 Å². The molecule has 1 fully saturated rings. The molecule has 1 amide bonds. The molecule has 0 aromatic heterocycles. The Morgan fingerprint density at radius 1 is 1.29 bits per heavy atom. The first kappa shape index (κ1) is 18.2. The van der Waals surface area contributed by atoms with E-state index in [9.17, 15) is 27.2 Å². The molecular formula is C15H16F4N2O3. The van der Waals surface area contributed by atoms with Gasteiger partial charge in [-0.05, 0) is 24.1 Å². The van der Waals surface area contributed by atoms with Gasteiger partial charge >= 0.3 is 12.1 Å². The Balaban J connectivity index is 1.94. The first-order valence-electron chi connectivity index (χ1n) is 7.15. The molecule has 2 rings (SSSR count). The quantitative estimate of drug-likeness (QED) is 0.643. The van der Waals surface area contributed by atoms with E-state index in [0.29, 0.717) is 0 Å². The Bertz CT molecular complexity index is 604. The molecular weight excluding hydrogens is 332 g/mol. The van der Waals surface area contributed by atoms with Gasteiger partial charge in [-0.25, -0.2) is 4.39 Å². The van der Waals surface area contributed by atoms with Crippen LogP contribution in [0, 0.1) is 0 Å². The molecule has 0 bridgehead atoms. The van der Waals surface area contributed by atoms with Crippen LogP contribution in [-0.4, -0.2) is 37.6 Å². The molecule has 132 valence electrons. The number of ether oxygens (including phenoxy) is 1. The zero-order chi connectivity index (χ0) is 17.9. The maximum atomic E-state index is 14.1. The third-order valence-corrected chi connectivity index (χ3v) is 3.72. The van der Waals surface area contributed by atoms with E-state index in [2.05, 4.69) is 15.4 Å². The number of methoxy groups -OCH3 is 1. The second kappa shape index (κ2) is 7.16. The van der Waals surface area contributed by atoms with Crippen molar-refractivity contribution in [1.29, 1.82) is 0 Å². The summed E-state index contributed by atoms with van der Waals surface area (Å²) in [5.41, 5.74) is -1.09. The number of nitrogens with one attached hydrogen (secondary N) is 2. The van der Waals surface area contributed by atoms with Gasteiger partial charge in [0.05, 0.1) is 12.7 Å². The van der Waals surface area contributed by atoms with Gasteiger partial charge in [0, 0.05) is 12.6 Å². The Labute approximate surface area is 135 Å². The monoisotopic (exact) mass is 348 g/mol. The van der Waals surface area contributed by atoms with E-state index in [1.165, 1.54) is 7.11 Å². The average Bonchev–Trinajstić information content (AvgIpc) is 3.01. The molecule has 24 heavy (non-hydrogen) atoms. The van der Waals surface area contributed by atoms with Gasteiger partial charge in [0.1, 0.15) is 6.04 Å². The molecule has 1 aromatic rings. The predicted molar refractivity (Wildman–Crippen MR) is 75.6 cm³/mol. The molecule has 1 aliphatic heterocycles. The number of hydrogen-bond acceptors (Lipinski definition) is 4. The fourth-order valence-corrected chi connectivity index (χ4v) is 2.43. The third kappa shape index (κ3) is 4.22. The summed E-state index contributed by atoms with van der Waals surface area (Å²) in [5, 5.41) is 5.25. The predicted octanol–water partition coefficient (Wildman–Crippen LogP) is 1.74. The van der Waals surface area contributed by atoms with Crippen molar-refractivity contribution < 1.29 is 31.9 Å². The minimum absolute atomic E-state index is 0.170. The highest BCUT2D eigenvalue weighted by molar-refractivity contribution is 5.83. The molecule has 9 heteroatoms. The summed E-state index contributed by atoms with van der Waals surface area (Å²) in [6, 6.07) is 2.26. The van der Waals surface area contributed by atoms with Gasteiger partial charge in [-0.2, -0.15) is 13.2 Å². The Kier molecular flexibility index (Phi) is 5.43. The van der Waals surface area contributed by atoms with Crippen molar-refractivity contribution in [2.24, 2.45) is 0 Å². The lowest BCUT2D eigenvalue weighted by Gasteiger charge is -2.15. The number of carbonyl (C=O) groups is 2. The number of amides is 1. The highest BCUT2D eigenvalue weighted by Gasteiger charge is 2.33. The van der Waals surface area contributed by atoms with Crippen LogP contribution in [0.2, 0.25) is 0 Å². The second-order valence-electron chi connectivity index (χ2n) is 5.41. The summed E-state index contributed by atoms with van der Waals surface area (Å²) in [7, 11) is 1.23. The number of hydrogen-bond donors (Lipinski definition) is 2. The highest BCUT2D eigenvalue weighted by atomic mass is 19.4. The molecule has 1 heterocycles. The van der Waals surface area contributed by atoms with Crippen molar-refractivity contribution in [3.05, 3.63) is 35.4 Å². The summed E-state index contributed by atoms with van der Waals surface area (Å²) >= 11 is 0. The lowest BCUT2D eigenvalue weighted by atomic mass is 10.1. The van der Waals surface area contributed by atoms with E-state index in [-0.39, 0.29) is 18.5 Å². The van der Waals surface area contributed by atoms with Crippen molar-refractivity contribution in [3.8, 4) is 0 Å². The van der Waals surface area contributed by atoms with Crippen LogP contribution in [0.4, 0.5) is 17.6 Å². The lowest BCUT2D eigenvalue weighted by molar-refractivity contribution is -0.143. The molecule has 0 aliphatic carbocycles. The minimum atomic E-state index is -4.52. The molecule has 0 saturated carbocycles. The molecule has 5 nitrogen and oxygen atoms in total. The van der Waals surface area contributed by atoms with Crippen molar-refractivity contribution >= 4 is 11.9 Å². The van der Waals surface area contributed by atoms with Gasteiger partial charge < -0.3 is 15.4 Å². The van der Waals surface area contributed by atoms with Gasteiger partial charge in [-0.1, -0.05) is 12.1 Å². The lowest BCUT2D eigenvalue weighted by Crippen LogP contribution is -2.38. The topological polar surface area (TPSA) is 67.4 Å². The van der Waals surface area contributed by atoms with Crippen LogP contribution in [0.3, 0.4) is 0 Å². The molecule has 1 unspecified atom stereocenters. The molecule has 3 atom stereocenters. The molecule has 0 spiro atoms. The number of carbonyl (C=O) groups excluding carboxylic acids is 2. The zero-order valence-corrected chi connectivity index (χ0v) is 12.7. The standard InChI is InChI=1S/C15H16F4N2O3/c1-24-14(23)11-6-10(7-20-11)21-13(22)12(16)8-2-4-9(5-3-8)15(17,18)19/h2-5,10-12,20H,6-7H2,1H3,(H,21,22)/t10-,11-,12?/m0/s1. The summed E-state index contributed by atoms with van der Waals surface area (Å²) < 4.78 is 56.1. The number of halogens is 4. The van der Waals surface area contributed by atoms with E-state index in [1.54, 1.807) is 0 Å². The molecule has 1 saturated heterocycles. The molecule has 0 radical (unpaired) electrons. The Morgan fingerprint density at radius 3 is 2.46 bits per heavy atom. The summed E-state index contributed by atoms with van der Waals surface area (Å²) in [6.45, 7) is 0.269. The van der Waals surface area contributed by atoms with Crippen molar-refractivity contribution in [3.63, 3.8) is 0 Å².